The molecule has 11 nitrogen and oxygen atoms in total. The summed E-state index contributed by atoms with van der Waals surface area (Å²) in [5.41, 5.74) is 1.39. The van der Waals surface area contributed by atoms with Crippen molar-refractivity contribution in [1.29, 1.82) is 0 Å². The summed E-state index contributed by atoms with van der Waals surface area (Å²) < 4.78 is 48.0. The van der Waals surface area contributed by atoms with Gasteiger partial charge in [0.15, 0.2) is 17.7 Å². The van der Waals surface area contributed by atoms with Gasteiger partial charge in [0.05, 0.1) is 29.9 Å². The van der Waals surface area contributed by atoms with E-state index in [1.54, 1.807) is 44.3 Å². The summed E-state index contributed by atoms with van der Waals surface area (Å²) >= 11 is 17.8. The molecule has 4 heterocycles. The molecule has 2 aliphatic rings. The predicted molar refractivity (Wildman–Crippen MR) is 141 cm³/mol. The maximum Gasteiger partial charge on any atom is 0.388 e. The molecule has 2 aromatic heterocycles. The zero-order valence-corrected chi connectivity index (χ0v) is 24.0. The third kappa shape index (κ3) is 5.65. The van der Waals surface area contributed by atoms with E-state index in [2.05, 4.69) is 15.4 Å². The number of anilines is 1. The number of benzene rings is 1. The lowest BCUT2D eigenvalue weighted by molar-refractivity contribution is -0.203. The number of nitrogens with zero attached hydrogens (tertiary/aromatic N) is 3. The van der Waals surface area contributed by atoms with Crippen molar-refractivity contribution in [2.75, 3.05) is 11.9 Å². The van der Waals surface area contributed by atoms with E-state index in [9.17, 15) is 18.7 Å². The number of alkyl halides is 2. The summed E-state index contributed by atoms with van der Waals surface area (Å²) in [6.07, 6.45) is -1.64. The molecule has 1 aromatic carbocycles. The molecule has 212 valence electrons. The van der Waals surface area contributed by atoms with Crippen LogP contribution in [0.3, 0.4) is 0 Å². The number of nitrogens with one attached hydrogen (secondary N) is 1. The van der Waals surface area contributed by atoms with E-state index < -0.39 is 54.8 Å². The van der Waals surface area contributed by atoms with Gasteiger partial charge in [-0.2, -0.15) is 5.10 Å². The van der Waals surface area contributed by atoms with Crippen LogP contribution in [-0.2, 0) is 23.5 Å². The van der Waals surface area contributed by atoms with Crippen LogP contribution in [-0.4, -0.2) is 59.5 Å². The fourth-order valence-corrected chi connectivity index (χ4v) is 5.24. The van der Waals surface area contributed by atoms with Crippen LogP contribution in [0.1, 0.15) is 38.6 Å². The Morgan fingerprint density at radius 3 is 2.67 bits per heavy atom. The minimum absolute atomic E-state index is 0.154. The first-order chi connectivity index (χ1) is 18.2. The highest BCUT2D eigenvalue weighted by atomic mass is 35.5. The highest BCUT2D eigenvalue weighted by molar-refractivity contribution is 7.57. The quantitative estimate of drug-likeness (QED) is 0.176. The zero-order valence-electron chi connectivity index (χ0n) is 20.8. The standard InChI is InChI=1S/C23H25Cl3FN4O7P/c1-11(12-6-4-5-7-14(12)27)29-15-8-17(24)30-20-13(15)9-28-31(20)21-19-18(37-22(2,3)38-19)16(36-21)10-35-23(25,26)39(32,33)34/h4-9,11,16,18-19,21H,10H2,1-3H3,(H,29,30)(H2,32,33,34)/t11-,16+,18+,19+,21+/m0/s1. The second-order valence-corrected chi connectivity index (χ2v) is 13.6. The average molecular weight is 626 g/mol. The molecule has 0 saturated carbocycles. The van der Waals surface area contributed by atoms with Crippen molar-refractivity contribution < 1.29 is 37.7 Å². The lowest BCUT2D eigenvalue weighted by atomic mass is 10.1. The fraction of sp³-hybridized carbons (Fsp3) is 0.478. The van der Waals surface area contributed by atoms with Crippen LogP contribution in [0.4, 0.5) is 10.1 Å². The fourth-order valence-electron chi connectivity index (χ4n) is 4.69. The van der Waals surface area contributed by atoms with Crippen molar-refractivity contribution in [3.63, 3.8) is 0 Å². The number of ether oxygens (including phenoxy) is 4. The van der Waals surface area contributed by atoms with Gasteiger partial charge in [0.1, 0.15) is 29.3 Å². The number of hydrogen-bond acceptors (Lipinski definition) is 8. The molecule has 3 aromatic rings. The van der Waals surface area contributed by atoms with Crippen molar-refractivity contribution in [1.82, 2.24) is 14.8 Å². The molecule has 2 aliphatic heterocycles. The van der Waals surface area contributed by atoms with Gasteiger partial charge < -0.3 is 34.1 Å². The molecule has 0 spiro atoms. The molecule has 0 amide bonds. The summed E-state index contributed by atoms with van der Waals surface area (Å²) in [5.74, 6) is -1.35. The van der Waals surface area contributed by atoms with Gasteiger partial charge in [0, 0.05) is 5.56 Å². The van der Waals surface area contributed by atoms with Gasteiger partial charge >= 0.3 is 11.9 Å². The highest BCUT2D eigenvalue weighted by Gasteiger charge is 2.57. The second kappa shape index (κ2) is 10.4. The van der Waals surface area contributed by atoms with Crippen molar-refractivity contribution in [3.8, 4) is 0 Å². The molecule has 0 unspecified atom stereocenters. The van der Waals surface area contributed by atoms with Crippen LogP contribution in [0, 0.1) is 5.82 Å². The smallest absolute Gasteiger partial charge is 0.378 e. The normalized spacial score (nSPS) is 25.7. The third-order valence-electron chi connectivity index (χ3n) is 6.41. The van der Waals surface area contributed by atoms with E-state index >= 15 is 0 Å². The number of hydrogen-bond donors (Lipinski definition) is 3. The number of fused-ring (bicyclic) bond motifs is 2. The minimum atomic E-state index is -5.01. The van der Waals surface area contributed by atoms with Crippen LogP contribution in [0.25, 0.3) is 11.0 Å². The van der Waals surface area contributed by atoms with Crippen LogP contribution >= 0.6 is 42.4 Å². The SMILES string of the molecule is C[C@H](Nc1cc(Cl)nc2c1cnn2[C@@H]1O[C@H](COC(Cl)(Cl)P(=O)(O)O)[C@H]2OC(C)(C)O[C@H]21)c1ccccc1F. The first-order valence-electron chi connectivity index (χ1n) is 11.8. The van der Waals surface area contributed by atoms with Crippen LogP contribution in [0.15, 0.2) is 36.5 Å². The number of halogens is 4. The molecule has 2 fully saturated rings. The maximum absolute atomic E-state index is 14.4. The van der Waals surface area contributed by atoms with Crippen LogP contribution in [0.5, 0.6) is 0 Å². The Hall–Kier alpha value is -1.57. The van der Waals surface area contributed by atoms with Gasteiger partial charge in [-0.25, -0.2) is 14.1 Å². The van der Waals surface area contributed by atoms with E-state index in [4.69, 9.17) is 53.8 Å². The topological polar surface area (TPSA) is 137 Å². The summed E-state index contributed by atoms with van der Waals surface area (Å²) in [6.45, 7) is 4.82. The summed E-state index contributed by atoms with van der Waals surface area (Å²) in [4.78, 5) is 23.2. The first kappa shape index (κ1) is 28.9. The molecule has 5 rings (SSSR count). The van der Waals surface area contributed by atoms with Crippen LogP contribution in [0.2, 0.25) is 5.15 Å². The van der Waals surface area contributed by atoms with Crippen molar-refractivity contribution in [3.05, 3.63) is 53.1 Å². The molecule has 0 radical (unpaired) electrons. The Balaban J connectivity index is 1.45. The van der Waals surface area contributed by atoms with Gasteiger partial charge in [-0.05, 0) is 32.9 Å². The molecule has 2 saturated heterocycles. The lowest BCUT2D eigenvalue weighted by Gasteiger charge is -2.26. The lowest BCUT2D eigenvalue weighted by Crippen LogP contribution is -2.35. The Morgan fingerprint density at radius 1 is 1.28 bits per heavy atom. The van der Waals surface area contributed by atoms with Gasteiger partial charge in [-0.1, -0.05) is 53.0 Å². The Bertz CT molecular complexity index is 1440. The van der Waals surface area contributed by atoms with E-state index in [1.807, 2.05) is 6.92 Å². The first-order valence-corrected chi connectivity index (χ1v) is 14.5. The zero-order chi connectivity index (χ0) is 28.3. The number of rotatable bonds is 8. The van der Waals surface area contributed by atoms with Crippen molar-refractivity contribution >= 4 is 59.1 Å². The molecular formula is C23H25Cl3FN4O7P. The molecule has 5 atom stereocenters. The number of aromatic nitrogens is 3. The number of pyridine rings is 1. The highest BCUT2D eigenvalue weighted by Crippen LogP contribution is 2.57. The molecule has 3 N–H and O–H groups in total. The van der Waals surface area contributed by atoms with E-state index in [0.717, 1.165) is 0 Å². The largest absolute Gasteiger partial charge is 0.388 e. The summed E-state index contributed by atoms with van der Waals surface area (Å²) in [6, 6.07) is 7.65. The van der Waals surface area contributed by atoms with Gasteiger partial charge in [0.2, 0.25) is 0 Å². The third-order valence-corrected chi connectivity index (χ3v) is 8.95. The second-order valence-electron chi connectivity index (χ2n) is 9.68. The summed E-state index contributed by atoms with van der Waals surface area (Å²) in [7, 11) is -5.01. The molecule has 0 aliphatic carbocycles. The van der Waals surface area contributed by atoms with Crippen LogP contribution < -0.4 is 5.32 Å². The molecular weight excluding hydrogens is 601 g/mol. The molecule has 16 heteroatoms. The van der Waals surface area contributed by atoms with E-state index in [0.29, 0.717) is 22.3 Å². The predicted octanol–water partition coefficient (Wildman–Crippen LogP) is 5.10. The molecule has 39 heavy (non-hydrogen) atoms. The van der Waals surface area contributed by atoms with Gasteiger partial charge in [0.25, 0.3) is 0 Å². The summed E-state index contributed by atoms with van der Waals surface area (Å²) in [5, 5.41) is 8.48. The Morgan fingerprint density at radius 2 is 1.97 bits per heavy atom. The monoisotopic (exact) mass is 624 g/mol. The van der Waals surface area contributed by atoms with Crippen molar-refractivity contribution in [2.45, 2.75) is 61.4 Å². The Labute approximate surface area is 237 Å². The Kier molecular flexibility index (Phi) is 7.69. The van der Waals surface area contributed by atoms with E-state index in [1.165, 1.54) is 10.7 Å². The van der Waals surface area contributed by atoms with Gasteiger partial charge in [-0.15, -0.1) is 0 Å². The minimum Gasteiger partial charge on any atom is -0.378 e. The van der Waals surface area contributed by atoms with Crippen molar-refractivity contribution in [2.24, 2.45) is 0 Å². The molecule has 0 bridgehead atoms. The average Bonchev–Trinajstić information content (AvgIpc) is 3.48. The van der Waals surface area contributed by atoms with E-state index in [-0.39, 0.29) is 11.0 Å². The van der Waals surface area contributed by atoms with Gasteiger partial charge in [-0.3, -0.25) is 4.57 Å². The maximum atomic E-state index is 14.4.